The summed E-state index contributed by atoms with van der Waals surface area (Å²) in [6, 6.07) is 5.62. The Morgan fingerprint density at radius 1 is 1.29 bits per heavy atom. The number of carboxylic acid groups (broad SMARTS) is 1. The molecule has 0 aliphatic heterocycles. The van der Waals surface area contributed by atoms with Crippen molar-refractivity contribution in [3.8, 4) is 5.75 Å². The van der Waals surface area contributed by atoms with Crippen molar-refractivity contribution in [3.05, 3.63) is 29.3 Å². The minimum atomic E-state index is -0.989. The van der Waals surface area contributed by atoms with Gasteiger partial charge in [-0.05, 0) is 69.1 Å². The van der Waals surface area contributed by atoms with Gasteiger partial charge in [-0.25, -0.2) is 0 Å². The molecule has 1 aliphatic carbocycles. The highest BCUT2D eigenvalue weighted by molar-refractivity contribution is 5.75. The first-order valence-corrected chi connectivity index (χ1v) is 8.85. The summed E-state index contributed by atoms with van der Waals surface area (Å²) in [4.78, 5) is 11.8. The van der Waals surface area contributed by atoms with Crippen LogP contribution in [0.3, 0.4) is 0 Å². The van der Waals surface area contributed by atoms with Crippen LogP contribution in [0.1, 0.15) is 70.4 Å². The quantitative estimate of drug-likeness (QED) is 0.758. The molecule has 1 aliphatic rings. The Balaban J connectivity index is 2.25. The second-order valence-corrected chi connectivity index (χ2v) is 8.07. The third-order valence-electron chi connectivity index (χ3n) is 5.86. The molecule has 0 unspecified atom stereocenters. The van der Waals surface area contributed by atoms with E-state index in [2.05, 4.69) is 13.8 Å². The lowest BCUT2D eigenvalue weighted by atomic mass is 9.59. The van der Waals surface area contributed by atoms with E-state index < -0.39 is 17.0 Å². The van der Waals surface area contributed by atoms with Crippen molar-refractivity contribution >= 4 is 5.97 Å². The lowest BCUT2D eigenvalue weighted by Gasteiger charge is -2.47. The van der Waals surface area contributed by atoms with Crippen LogP contribution >= 0.6 is 0 Å². The second-order valence-electron chi connectivity index (χ2n) is 8.07. The van der Waals surface area contributed by atoms with E-state index in [1.165, 1.54) is 0 Å². The molecule has 0 bridgehead atoms. The van der Waals surface area contributed by atoms with E-state index in [0.29, 0.717) is 31.6 Å². The van der Waals surface area contributed by atoms with Crippen LogP contribution in [0.2, 0.25) is 0 Å². The van der Waals surface area contributed by atoms with E-state index in [9.17, 15) is 20.1 Å². The molecule has 1 saturated carbocycles. The number of aliphatic carboxylic acids is 1. The number of hydrogen-bond donors (Lipinski definition) is 3. The van der Waals surface area contributed by atoms with Gasteiger partial charge in [0.2, 0.25) is 0 Å². The number of rotatable bonds is 5. The summed E-state index contributed by atoms with van der Waals surface area (Å²) < 4.78 is 0. The van der Waals surface area contributed by atoms with Gasteiger partial charge in [0, 0.05) is 5.92 Å². The van der Waals surface area contributed by atoms with Gasteiger partial charge >= 0.3 is 5.97 Å². The number of phenols is 1. The van der Waals surface area contributed by atoms with E-state index in [0.717, 1.165) is 17.5 Å². The summed E-state index contributed by atoms with van der Waals surface area (Å²) >= 11 is 0. The zero-order valence-electron chi connectivity index (χ0n) is 15.2. The van der Waals surface area contributed by atoms with Gasteiger partial charge in [0.25, 0.3) is 0 Å². The Hall–Kier alpha value is -1.55. The van der Waals surface area contributed by atoms with Crippen molar-refractivity contribution in [1.82, 2.24) is 0 Å². The molecule has 0 radical (unpaired) electrons. The second kappa shape index (κ2) is 6.75. The molecule has 3 atom stereocenters. The van der Waals surface area contributed by atoms with Gasteiger partial charge in [-0.2, -0.15) is 0 Å². The zero-order chi connectivity index (χ0) is 18.1. The third kappa shape index (κ3) is 3.59. The average Bonchev–Trinajstić information content (AvgIpc) is 2.47. The first-order valence-electron chi connectivity index (χ1n) is 8.85. The van der Waals surface area contributed by atoms with E-state index in [1.54, 1.807) is 19.9 Å². The molecule has 134 valence electrons. The molecular formula is C20H30O4. The number of carboxylic acids is 1. The number of aliphatic hydroxyl groups is 1. The van der Waals surface area contributed by atoms with Crippen LogP contribution in [0.15, 0.2) is 18.2 Å². The number of carbonyl (C=O) groups is 1. The minimum absolute atomic E-state index is 0.242. The van der Waals surface area contributed by atoms with Crippen LogP contribution in [0.4, 0.5) is 0 Å². The predicted octanol–water partition coefficient (Wildman–Crippen LogP) is 4.09. The topological polar surface area (TPSA) is 77.8 Å². The summed E-state index contributed by atoms with van der Waals surface area (Å²) in [6.45, 7) is 7.70. The summed E-state index contributed by atoms with van der Waals surface area (Å²) in [5.41, 5.74) is 0.0680. The molecule has 1 fully saturated rings. The third-order valence-corrected chi connectivity index (χ3v) is 5.86. The fourth-order valence-electron chi connectivity index (χ4n) is 4.20. The van der Waals surface area contributed by atoms with Crippen molar-refractivity contribution < 1.29 is 20.1 Å². The highest BCUT2D eigenvalue weighted by Gasteiger charge is 2.52. The van der Waals surface area contributed by atoms with Gasteiger partial charge in [-0.15, -0.1) is 0 Å². The number of aryl methyl sites for hydroxylation is 1. The number of benzene rings is 1. The summed E-state index contributed by atoms with van der Waals surface area (Å²) in [6.07, 6.45) is 3.04. The first-order chi connectivity index (χ1) is 11.1. The fourth-order valence-corrected chi connectivity index (χ4v) is 4.20. The molecule has 3 N–H and O–H groups in total. The Bertz CT molecular complexity index is 606. The summed E-state index contributed by atoms with van der Waals surface area (Å²) in [7, 11) is 0. The average molecular weight is 334 g/mol. The fraction of sp³-hybridized carbons (Fsp3) is 0.650. The summed E-state index contributed by atoms with van der Waals surface area (Å²) in [5, 5.41) is 30.6. The Morgan fingerprint density at radius 2 is 1.96 bits per heavy atom. The maximum atomic E-state index is 11.8. The van der Waals surface area contributed by atoms with Crippen molar-refractivity contribution in [2.75, 3.05) is 0 Å². The molecule has 4 heteroatoms. The van der Waals surface area contributed by atoms with E-state index in [-0.39, 0.29) is 11.7 Å². The largest absolute Gasteiger partial charge is 0.508 e. The van der Waals surface area contributed by atoms with E-state index in [4.69, 9.17) is 0 Å². The molecule has 0 amide bonds. The molecule has 1 aromatic rings. The van der Waals surface area contributed by atoms with Gasteiger partial charge in [-0.3, -0.25) is 4.79 Å². The van der Waals surface area contributed by atoms with Gasteiger partial charge in [0.1, 0.15) is 5.75 Å². The van der Waals surface area contributed by atoms with Crippen LogP contribution < -0.4 is 0 Å². The zero-order valence-corrected chi connectivity index (χ0v) is 15.2. The standard InChI is InChI=1S/C20H30O4/c1-13(2)14-6-8-16(21)15(12-14)7-9-17-19(3,18(22)23)10-5-11-20(17,4)24/h6,8,12-13,17,21,24H,5,7,9-11H2,1-4H3,(H,22,23)/t17-,19+,20-/m0/s1. The molecule has 0 heterocycles. The Morgan fingerprint density at radius 3 is 2.54 bits per heavy atom. The van der Waals surface area contributed by atoms with Crippen molar-refractivity contribution in [2.24, 2.45) is 11.3 Å². The first kappa shape index (κ1) is 18.8. The number of phenolic OH excluding ortho intramolecular Hbond substituents is 1. The number of aromatic hydroxyl groups is 1. The van der Waals surface area contributed by atoms with Crippen molar-refractivity contribution in [1.29, 1.82) is 0 Å². The van der Waals surface area contributed by atoms with Gasteiger partial charge in [-0.1, -0.05) is 26.0 Å². The molecule has 0 spiro atoms. The SMILES string of the molecule is CC(C)c1ccc(O)c(CC[C@@H]2[C@@](C)(O)CCC[C@@]2(C)C(=O)O)c1. The molecule has 1 aromatic carbocycles. The molecule has 0 aromatic heterocycles. The monoisotopic (exact) mass is 334 g/mol. The van der Waals surface area contributed by atoms with Gasteiger partial charge in [0.05, 0.1) is 11.0 Å². The summed E-state index contributed by atoms with van der Waals surface area (Å²) in [5.74, 6) is -0.565. The highest BCUT2D eigenvalue weighted by Crippen LogP contribution is 2.49. The predicted molar refractivity (Wildman–Crippen MR) is 94.2 cm³/mol. The molecule has 2 rings (SSSR count). The maximum Gasteiger partial charge on any atom is 0.309 e. The smallest absolute Gasteiger partial charge is 0.309 e. The van der Waals surface area contributed by atoms with Crippen LogP contribution in [-0.4, -0.2) is 26.9 Å². The van der Waals surface area contributed by atoms with E-state index >= 15 is 0 Å². The van der Waals surface area contributed by atoms with Crippen LogP contribution in [0.25, 0.3) is 0 Å². The van der Waals surface area contributed by atoms with E-state index in [1.807, 2.05) is 12.1 Å². The molecule has 4 nitrogen and oxygen atoms in total. The van der Waals surface area contributed by atoms with Crippen LogP contribution in [0, 0.1) is 11.3 Å². The molecular weight excluding hydrogens is 304 g/mol. The Kier molecular flexibility index (Phi) is 5.28. The normalized spacial score (nSPS) is 30.5. The van der Waals surface area contributed by atoms with Crippen LogP contribution in [0.5, 0.6) is 5.75 Å². The minimum Gasteiger partial charge on any atom is -0.508 e. The van der Waals surface area contributed by atoms with Gasteiger partial charge < -0.3 is 15.3 Å². The maximum absolute atomic E-state index is 11.8. The lowest BCUT2D eigenvalue weighted by molar-refractivity contribution is -0.168. The molecule has 0 saturated heterocycles. The lowest BCUT2D eigenvalue weighted by Crippen LogP contribution is -2.52. The van der Waals surface area contributed by atoms with Crippen LogP contribution in [-0.2, 0) is 11.2 Å². The van der Waals surface area contributed by atoms with Crippen molar-refractivity contribution in [3.63, 3.8) is 0 Å². The molecule has 24 heavy (non-hydrogen) atoms. The Labute approximate surface area is 144 Å². The highest BCUT2D eigenvalue weighted by atomic mass is 16.4. The van der Waals surface area contributed by atoms with Crippen molar-refractivity contribution in [2.45, 2.75) is 71.3 Å². The van der Waals surface area contributed by atoms with Gasteiger partial charge in [0.15, 0.2) is 0 Å². The number of hydrogen-bond acceptors (Lipinski definition) is 3.